The number of rotatable bonds is 5. The van der Waals surface area contributed by atoms with E-state index >= 15 is 0 Å². The van der Waals surface area contributed by atoms with Crippen LogP contribution in [0.2, 0.25) is 0 Å². The third-order valence-electron chi connectivity index (χ3n) is 4.12. The van der Waals surface area contributed by atoms with E-state index in [-0.39, 0.29) is 24.4 Å². The van der Waals surface area contributed by atoms with Crippen LogP contribution >= 0.6 is 22.7 Å². The molecule has 2 aromatic heterocycles. The molecule has 0 unspecified atom stereocenters. The van der Waals surface area contributed by atoms with E-state index in [1.807, 2.05) is 22.4 Å². The predicted molar refractivity (Wildman–Crippen MR) is 95.0 cm³/mol. The van der Waals surface area contributed by atoms with Gasteiger partial charge in [-0.25, -0.2) is 4.98 Å². The molecular weight excluding hydrogens is 344 g/mol. The molecule has 6 nitrogen and oxygen atoms in total. The van der Waals surface area contributed by atoms with Crippen LogP contribution in [0.4, 0.5) is 0 Å². The monoisotopic (exact) mass is 364 g/mol. The molecule has 1 saturated heterocycles. The summed E-state index contributed by atoms with van der Waals surface area (Å²) in [5.74, 6) is -0.0455. The van der Waals surface area contributed by atoms with Crippen LogP contribution in [0.5, 0.6) is 0 Å². The smallest absolute Gasteiger partial charge is 0.264 e. The van der Waals surface area contributed by atoms with Crippen molar-refractivity contribution >= 4 is 34.5 Å². The molecular formula is C16H20N4O2S2. The lowest BCUT2D eigenvalue weighted by Gasteiger charge is -2.23. The van der Waals surface area contributed by atoms with Gasteiger partial charge in [0.15, 0.2) is 0 Å². The molecule has 0 saturated carbocycles. The normalized spacial score (nSPS) is 17.2. The van der Waals surface area contributed by atoms with E-state index in [4.69, 9.17) is 5.73 Å². The molecule has 2 aromatic rings. The Morgan fingerprint density at radius 2 is 2.29 bits per heavy atom. The summed E-state index contributed by atoms with van der Waals surface area (Å²) in [4.78, 5) is 34.0. The molecule has 24 heavy (non-hydrogen) atoms. The van der Waals surface area contributed by atoms with Gasteiger partial charge < -0.3 is 15.5 Å². The molecule has 1 atom stereocenters. The van der Waals surface area contributed by atoms with E-state index in [9.17, 15) is 9.59 Å². The highest BCUT2D eigenvalue weighted by Gasteiger charge is 2.30. The minimum Gasteiger partial charge on any atom is -0.334 e. The molecule has 3 rings (SSSR count). The fourth-order valence-corrected chi connectivity index (χ4v) is 4.74. The van der Waals surface area contributed by atoms with Gasteiger partial charge in [-0.2, -0.15) is 0 Å². The number of aromatic nitrogens is 1. The molecule has 0 bridgehead atoms. The summed E-state index contributed by atoms with van der Waals surface area (Å²) in [5.41, 5.74) is 5.50. The van der Waals surface area contributed by atoms with Gasteiger partial charge in [0.1, 0.15) is 5.01 Å². The maximum absolute atomic E-state index is 12.6. The Hall–Kier alpha value is -1.77. The van der Waals surface area contributed by atoms with Crippen LogP contribution in [0.3, 0.4) is 0 Å². The summed E-state index contributed by atoms with van der Waals surface area (Å²) in [6, 6.07) is 3.86. The molecule has 0 spiro atoms. The van der Waals surface area contributed by atoms with Crippen molar-refractivity contribution in [1.29, 1.82) is 0 Å². The second-order valence-corrected chi connectivity index (χ2v) is 7.83. The average Bonchev–Trinajstić information content (AvgIpc) is 3.32. The second kappa shape index (κ2) is 7.42. The van der Waals surface area contributed by atoms with Crippen molar-refractivity contribution in [1.82, 2.24) is 14.8 Å². The number of hydrogen-bond donors (Lipinski definition) is 1. The minimum absolute atomic E-state index is 0.0175. The number of thiophene rings is 1. The zero-order chi connectivity index (χ0) is 17.1. The van der Waals surface area contributed by atoms with Gasteiger partial charge in [0.25, 0.3) is 5.91 Å². The van der Waals surface area contributed by atoms with Crippen LogP contribution < -0.4 is 5.73 Å². The van der Waals surface area contributed by atoms with Crippen LogP contribution in [-0.2, 0) is 11.3 Å². The summed E-state index contributed by atoms with van der Waals surface area (Å²) in [7, 11) is 1.78. The van der Waals surface area contributed by atoms with Crippen molar-refractivity contribution in [3.8, 4) is 0 Å². The van der Waals surface area contributed by atoms with Crippen molar-refractivity contribution in [2.24, 2.45) is 5.73 Å². The topological polar surface area (TPSA) is 79.5 Å². The van der Waals surface area contributed by atoms with E-state index in [1.165, 1.54) is 22.7 Å². The van der Waals surface area contributed by atoms with Crippen LogP contribution in [0, 0.1) is 0 Å². The molecule has 1 aliphatic rings. The first-order valence-corrected chi connectivity index (χ1v) is 9.53. The Kier molecular flexibility index (Phi) is 5.27. The number of amides is 2. The Morgan fingerprint density at radius 1 is 1.46 bits per heavy atom. The number of likely N-dealkylation sites (tertiary alicyclic amines) is 1. The summed E-state index contributed by atoms with van der Waals surface area (Å²) < 4.78 is 0. The summed E-state index contributed by atoms with van der Waals surface area (Å²) in [6.07, 6.45) is 3.64. The molecule has 1 aliphatic heterocycles. The first kappa shape index (κ1) is 17.1. The van der Waals surface area contributed by atoms with Gasteiger partial charge in [-0.05, 0) is 25.0 Å². The molecule has 0 radical (unpaired) electrons. The van der Waals surface area contributed by atoms with Gasteiger partial charge in [-0.1, -0.05) is 0 Å². The van der Waals surface area contributed by atoms with Crippen molar-refractivity contribution in [3.05, 3.63) is 38.5 Å². The van der Waals surface area contributed by atoms with E-state index in [0.29, 0.717) is 11.4 Å². The molecule has 2 N–H and O–H groups in total. The molecule has 128 valence electrons. The third-order valence-corrected chi connectivity index (χ3v) is 6.06. The van der Waals surface area contributed by atoms with Gasteiger partial charge in [0.05, 0.1) is 24.0 Å². The molecule has 0 aromatic carbocycles. The van der Waals surface area contributed by atoms with Gasteiger partial charge in [-0.3, -0.25) is 9.59 Å². The van der Waals surface area contributed by atoms with Gasteiger partial charge >= 0.3 is 0 Å². The lowest BCUT2D eigenvalue weighted by atomic mass is 10.2. The molecule has 0 aliphatic carbocycles. The Morgan fingerprint density at radius 3 is 3.00 bits per heavy atom. The quantitative estimate of drug-likeness (QED) is 0.881. The Bertz CT molecular complexity index is 713. The maximum Gasteiger partial charge on any atom is 0.264 e. The first-order chi connectivity index (χ1) is 11.6. The van der Waals surface area contributed by atoms with Gasteiger partial charge in [0.2, 0.25) is 5.91 Å². The number of thiazole rings is 1. The van der Waals surface area contributed by atoms with Crippen LogP contribution in [-0.4, -0.2) is 46.7 Å². The number of carbonyl (C=O) groups excluding carboxylic acids is 2. The highest BCUT2D eigenvalue weighted by Crippen LogP contribution is 2.36. The highest BCUT2D eigenvalue weighted by atomic mass is 32.1. The third kappa shape index (κ3) is 3.50. The number of hydrogen-bond acceptors (Lipinski definition) is 6. The SMILES string of the molecule is CN(Cc1nccs1)C(=O)c1ccc([C@H]2CCCN2C(=O)CN)s1. The van der Waals surface area contributed by atoms with Crippen molar-refractivity contribution in [2.75, 3.05) is 20.1 Å². The predicted octanol–water partition coefficient (Wildman–Crippen LogP) is 2.10. The fourth-order valence-electron chi connectivity index (χ4n) is 2.92. The molecule has 8 heteroatoms. The average molecular weight is 364 g/mol. The first-order valence-electron chi connectivity index (χ1n) is 7.83. The van der Waals surface area contributed by atoms with Crippen molar-refractivity contribution < 1.29 is 9.59 Å². The van der Waals surface area contributed by atoms with E-state index in [2.05, 4.69) is 4.98 Å². The summed E-state index contributed by atoms with van der Waals surface area (Å²) in [6.45, 7) is 1.28. The van der Waals surface area contributed by atoms with Crippen LogP contribution in [0.1, 0.15) is 38.4 Å². The second-order valence-electron chi connectivity index (χ2n) is 5.74. The lowest BCUT2D eigenvalue weighted by Crippen LogP contribution is -2.35. The molecule has 3 heterocycles. The van der Waals surface area contributed by atoms with Gasteiger partial charge in [-0.15, -0.1) is 22.7 Å². The standard InChI is InChI=1S/C16H20N4O2S2/c1-19(10-14-18-6-8-23-14)16(22)13-5-4-12(24-13)11-3-2-7-20(11)15(21)9-17/h4-6,8,11H,2-3,7,9-10,17H2,1H3/t11-/m1/s1. The zero-order valence-corrected chi connectivity index (χ0v) is 15.1. The number of nitrogens with zero attached hydrogens (tertiary/aromatic N) is 3. The van der Waals surface area contributed by atoms with E-state index in [1.54, 1.807) is 18.1 Å². The fraction of sp³-hybridized carbons (Fsp3) is 0.438. The van der Waals surface area contributed by atoms with Crippen LogP contribution in [0.15, 0.2) is 23.7 Å². The van der Waals surface area contributed by atoms with E-state index in [0.717, 1.165) is 29.3 Å². The molecule has 2 amide bonds. The Labute approximate surface area is 148 Å². The van der Waals surface area contributed by atoms with Crippen molar-refractivity contribution in [2.45, 2.75) is 25.4 Å². The van der Waals surface area contributed by atoms with E-state index < -0.39 is 0 Å². The largest absolute Gasteiger partial charge is 0.334 e. The summed E-state index contributed by atoms with van der Waals surface area (Å²) >= 11 is 3.01. The lowest BCUT2D eigenvalue weighted by molar-refractivity contribution is -0.130. The molecule has 1 fully saturated rings. The number of nitrogens with two attached hydrogens (primary N) is 1. The highest BCUT2D eigenvalue weighted by molar-refractivity contribution is 7.14. The minimum atomic E-state index is -0.0281. The van der Waals surface area contributed by atoms with Crippen molar-refractivity contribution in [3.63, 3.8) is 0 Å². The van der Waals surface area contributed by atoms with Gasteiger partial charge in [0, 0.05) is 30.0 Å². The number of carbonyl (C=O) groups is 2. The van der Waals surface area contributed by atoms with Crippen LogP contribution in [0.25, 0.3) is 0 Å². The summed E-state index contributed by atoms with van der Waals surface area (Å²) in [5, 5.41) is 2.82. The zero-order valence-electron chi connectivity index (χ0n) is 13.5. The Balaban J connectivity index is 1.70. The maximum atomic E-state index is 12.6.